The van der Waals surface area contributed by atoms with Crippen molar-refractivity contribution in [1.29, 1.82) is 0 Å². The molecule has 6 heteroatoms. The maximum Gasteiger partial charge on any atom is 0.157 e. The fraction of sp³-hybridized carbons (Fsp3) is 0.353. The molecule has 122 valence electrons. The van der Waals surface area contributed by atoms with Crippen molar-refractivity contribution in [3.8, 4) is 5.75 Å². The van der Waals surface area contributed by atoms with Crippen molar-refractivity contribution >= 4 is 34.8 Å². The molecule has 1 unspecified atom stereocenters. The quantitative estimate of drug-likeness (QED) is 0.814. The lowest BCUT2D eigenvalue weighted by atomic mass is 9.96. The van der Waals surface area contributed by atoms with Crippen molar-refractivity contribution in [2.45, 2.75) is 19.4 Å². The van der Waals surface area contributed by atoms with Crippen LogP contribution in [0.15, 0.2) is 30.6 Å². The fourth-order valence-electron chi connectivity index (χ4n) is 2.88. The lowest BCUT2D eigenvalue weighted by molar-refractivity contribution is 0.144. The van der Waals surface area contributed by atoms with Crippen molar-refractivity contribution in [2.75, 3.05) is 13.1 Å². The Balaban J connectivity index is 1.96. The van der Waals surface area contributed by atoms with E-state index in [4.69, 9.17) is 39.5 Å². The number of nitrogens with one attached hydrogen (secondary N) is 1. The van der Waals surface area contributed by atoms with E-state index in [1.807, 2.05) is 25.1 Å². The monoisotopic (exact) mass is 370 g/mol. The maximum atomic E-state index is 6.34. The third-order valence-electron chi connectivity index (χ3n) is 3.97. The van der Waals surface area contributed by atoms with Crippen LogP contribution >= 0.6 is 34.8 Å². The van der Waals surface area contributed by atoms with Crippen LogP contribution in [0.4, 0.5) is 0 Å². The molecule has 1 aliphatic rings. The van der Waals surface area contributed by atoms with Gasteiger partial charge in [0, 0.05) is 30.4 Å². The zero-order valence-electron chi connectivity index (χ0n) is 12.7. The van der Waals surface area contributed by atoms with Crippen LogP contribution in [0.1, 0.15) is 23.7 Å². The van der Waals surface area contributed by atoms with Gasteiger partial charge in [0.1, 0.15) is 6.10 Å². The molecule has 1 fully saturated rings. The van der Waals surface area contributed by atoms with Gasteiger partial charge in [0.2, 0.25) is 0 Å². The number of pyridine rings is 1. The Kier molecular flexibility index (Phi) is 5.32. The Bertz CT molecular complexity index is 679. The van der Waals surface area contributed by atoms with E-state index < -0.39 is 0 Å². The highest BCUT2D eigenvalue weighted by Gasteiger charge is 2.29. The molecule has 0 bridgehead atoms. The van der Waals surface area contributed by atoms with Gasteiger partial charge in [0.05, 0.1) is 15.1 Å². The molecule has 0 radical (unpaired) electrons. The molecule has 2 atom stereocenters. The van der Waals surface area contributed by atoms with Crippen LogP contribution in [-0.4, -0.2) is 18.1 Å². The van der Waals surface area contributed by atoms with Crippen molar-refractivity contribution < 1.29 is 4.74 Å². The summed E-state index contributed by atoms with van der Waals surface area (Å²) in [6, 6.07) is 5.58. The molecule has 1 aromatic heterocycles. The molecule has 3 nitrogen and oxygen atoms in total. The smallest absolute Gasteiger partial charge is 0.157 e. The van der Waals surface area contributed by atoms with Gasteiger partial charge in [0.15, 0.2) is 5.75 Å². The Morgan fingerprint density at radius 3 is 2.52 bits per heavy atom. The highest BCUT2D eigenvalue weighted by molar-refractivity contribution is 6.37. The molecule has 2 heterocycles. The second-order valence-corrected chi connectivity index (χ2v) is 7.04. The normalized spacial score (nSPS) is 18.9. The summed E-state index contributed by atoms with van der Waals surface area (Å²) in [5.74, 6) is 0.819. The van der Waals surface area contributed by atoms with Crippen LogP contribution in [0, 0.1) is 12.8 Å². The molecule has 0 amide bonds. The number of nitrogens with zero attached hydrogens (tertiary/aromatic N) is 1. The number of hydrogen-bond donors (Lipinski definition) is 1. The van der Waals surface area contributed by atoms with Crippen LogP contribution in [-0.2, 0) is 0 Å². The summed E-state index contributed by atoms with van der Waals surface area (Å²) in [6.45, 7) is 3.78. The molecule has 0 saturated carbocycles. The first kappa shape index (κ1) is 16.8. The van der Waals surface area contributed by atoms with E-state index in [0.29, 0.717) is 26.7 Å². The highest BCUT2D eigenvalue weighted by atomic mass is 35.5. The van der Waals surface area contributed by atoms with Gasteiger partial charge in [-0.15, -0.1) is 0 Å². The van der Waals surface area contributed by atoms with Crippen molar-refractivity contribution in [2.24, 2.45) is 5.92 Å². The van der Waals surface area contributed by atoms with Crippen LogP contribution in [0.3, 0.4) is 0 Å². The van der Waals surface area contributed by atoms with E-state index in [2.05, 4.69) is 10.3 Å². The Morgan fingerprint density at radius 1 is 1.17 bits per heavy atom. The fourth-order valence-corrected chi connectivity index (χ4v) is 3.75. The van der Waals surface area contributed by atoms with Gasteiger partial charge >= 0.3 is 0 Å². The minimum Gasteiger partial charge on any atom is -0.482 e. The van der Waals surface area contributed by atoms with E-state index in [-0.39, 0.29) is 6.10 Å². The molecule has 1 N–H and O–H groups in total. The summed E-state index contributed by atoms with van der Waals surface area (Å²) >= 11 is 18.8. The van der Waals surface area contributed by atoms with Gasteiger partial charge in [-0.05, 0) is 43.7 Å². The predicted octanol–water partition coefficient (Wildman–Crippen LogP) is 5.08. The summed E-state index contributed by atoms with van der Waals surface area (Å²) in [4.78, 5) is 4.18. The SMILES string of the molecule is Cc1cc(Cl)c(O[C@H](c2cncc(Cl)c2)C2CCNC2)c(Cl)c1. The first-order valence-electron chi connectivity index (χ1n) is 7.48. The Labute approximate surface area is 150 Å². The van der Waals surface area contributed by atoms with Gasteiger partial charge in [-0.1, -0.05) is 34.8 Å². The lowest BCUT2D eigenvalue weighted by Gasteiger charge is -2.26. The molecular formula is C17H17Cl3N2O. The van der Waals surface area contributed by atoms with Crippen molar-refractivity contribution in [3.63, 3.8) is 0 Å². The standard InChI is InChI=1S/C17H17Cl3N2O/c1-10-4-14(19)17(15(20)5-10)23-16(11-2-3-21-7-11)12-6-13(18)9-22-8-12/h4-6,8-9,11,16,21H,2-3,7H2,1H3/t11?,16-/m0/s1. The molecule has 23 heavy (non-hydrogen) atoms. The second kappa shape index (κ2) is 7.27. The first-order valence-corrected chi connectivity index (χ1v) is 8.61. The lowest BCUT2D eigenvalue weighted by Crippen LogP contribution is -2.22. The minimum absolute atomic E-state index is 0.200. The average molecular weight is 372 g/mol. The Hall–Kier alpha value is -1.000. The average Bonchev–Trinajstić information content (AvgIpc) is 3.00. The molecule has 0 aliphatic carbocycles. The molecule has 1 aliphatic heterocycles. The van der Waals surface area contributed by atoms with Gasteiger partial charge in [-0.3, -0.25) is 4.98 Å². The number of aromatic nitrogens is 1. The third kappa shape index (κ3) is 3.92. The van der Waals surface area contributed by atoms with Crippen LogP contribution in [0.25, 0.3) is 0 Å². The van der Waals surface area contributed by atoms with Crippen molar-refractivity contribution in [1.82, 2.24) is 10.3 Å². The van der Waals surface area contributed by atoms with Crippen LogP contribution < -0.4 is 10.1 Å². The van der Waals surface area contributed by atoms with Gasteiger partial charge in [0.25, 0.3) is 0 Å². The maximum absolute atomic E-state index is 6.34. The molecule has 1 saturated heterocycles. The topological polar surface area (TPSA) is 34.1 Å². The van der Waals surface area contributed by atoms with Gasteiger partial charge < -0.3 is 10.1 Å². The largest absolute Gasteiger partial charge is 0.482 e. The summed E-state index contributed by atoms with van der Waals surface area (Å²) in [5, 5.41) is 4.98. The van der Waals surface area contributed by atoms with Gasteiger partial charge in [-0.25, -0.2) is 0 Å². The predicted molar refractivity (Wildman–Crippen MR) is 94.8 cm³/mol. The first-order chi connectivity index (χ1) is 11.0. The molecule has 1 aromatic carbocycles. The number of aryl methyl sites for hydroxylation is 1. The molecule has 0 spiro atoms. The van der Waals surface area contributed by atoms with Crippen LogP contribution in [0.2, 0.25) is 15.1 Å². The molecule has 3 rings (SSSR count). The number of ether oxygens (including phenoxy) is 1. The highest BCUT2D eigenvalue weighted by Crippen LogP contribution is 2.40. The zero-order valence-corrected chi connectivity index (χ0v) is 14.9. The van der Waals surface area contributed by atoms with Crippen molar-refractivity contribution in [3.05, 3.63) is 56.8 Å². The summed E-state index contributed by atoms with van der Waals surface area (Å²) in [6.07, 6.45) is 4.21. The molecule has 2 aromatic rings. The number of rotatable bonds is 4. The van der Waals surface area contributed by atoms with E-state index >= 15 is 0 Å². The van der Waals surface area contributed by atoms with Gasteiger partial charge in [-0.2, -0.15) is 0 Å². The number of hydrogen-bond acceptors (Lipinski definition) is 3. The van der Waals surface area contributed by atoms with E-state index in [0.717, 1.165) is 30.6 Å². The third-order valence-corrected chi connectivity index (χ3v) is 4.74. The number of benzene rings is 1. The van der Waals surface area contributed by atoms with E-state index in [9.17, 15) is 0 Å². The summed E-state index contributed by atoms with van der Waals surface area (Å²) in [5.41, 5.74) is 1.93. The Morgan fingerprint density at radius 2 is 1.91 bits per heavy atom. The minimum atomic E-state index is -0.200. The second-order valence-electron chi connectivity index (χ2n) is 5.79. The summed E-state index contributed by atoms with van der Waals surface area (Å²) in [7, 11) is 0. The zero-order chi connectivity index (χ0) is 16.4. The molecular weight excluding hydrogens is 355 g/mol. The van der Waals surface area contributed by atoms with E-state index in [1.165, 1.54) is 0 Å². The van der Waals surface area contributed by atoms with E-state index in [1.54, 1.807) is 12.4 Å². The van der Waals surface area contributed by atoms with Crippen LogP contribution in [0.5, 0.6) is 5.75 Å². The number of halogens is 3. The summed E-state index contributed by atoms with van der Waals surface area (Å²) < 4.78 is 6.25.